The Morgan fingerprint density at radius 3 is 1.96 bits per heavy atom. The van der Waals surface area contributed by atoms with Gasteiger partial charge in [-0.15, -0.1) is 0 Å². The Morgan fingerprint density at radius 2 is 1.30 bits per heavy atom. The molecule has 3 aliphatic heterocycles. The summed E-state index contributed by atoms with van der Waals surface area (Å²) in [5.74, 6) is 0. The number of aliphatic hydroxyl groups excluding tert-OH is 9. The van der Waals surface area contributed by atoms with E-state index in [9.17, 15) is 54.4 Å². The van der Waals surface area contributed by atoms with Crippen molar-refractivity contribution in [1.82, 2.24) is 4.72 Å². The highest BCUT2D eigenvalue weighted by atomic mass is 32.2. The molecule has 1 saturated carbocycles. The fourth-order valence-corrected chi connectivity index (χ4v) is 7.83. The Bertz CT molecular complexity index is 1050. The summed E-state index contributed by atoms with van der Waals surface area (Å²) in [6.45, 7) is 0.343. The molecule has 0 aromatic heterocycles. The van der Waals surface area contributed by atoms with E-state index in [4.69, 9.17) is 28.4 Å². The van der Waals surface area contributed by atoms with Crippen molar-refractivity contribution in [2.24, 2.45) is 0 Å². The Kier molecular flexibility index (Phi) is 14.6. The van der Waals surface area contributed by atoms with Crippen LogP contribution in [0.2, 0.25) is 0 Å². The SMILES string of the molecule is CC1OC(COC2OC(COCCCNS(=O)(=O)C3CCCCC3)C(O)C(O)C2O)C(O)C(OC2OC(CO)C(O)C(O)C2O)C1O. The standard InChI is InChI=1S/C28H51NO17S/c1-13-18(31)26(46-28-25(38)22(35)19(32)15(10-30)44-28)21(34)17(43-13)12-42-27-24(37)23(36)20(33)16(45-27)11-41-9-5-8-29-47(39,40)14-6-3-2-4-7-14/h13-38H,2-12H2,1H3. The highest BCUT2D eigenvalue weighted by Gasteiger charge is 2.51. The van der Waals surface area contributed by atoms with Crippen LogP contribution in [0.15, 0.2) is 0 Å². The lowest BCUT2D eigenvalue weighted by atomic mass is 9.94. The molecule has 1 aliphatic carbocycles. The van der Waals surface area contributed by atoms with Gasteiger partial charge in [-0.05, 0) is 26.2 Å². The first-order chi connectivity index (χ1) is 22.3. The summed E-state index contributed by atoms with van der Waals surface area (Å²) in [4.78, 5) is 0. The second-order valence-electron chi connectivity index (χ2n) is 12.6. The van der Waals surface area contributed by atoms with Gasteiger partial charge in [0, 0.05) is 13.2 Å². The van der Waals surface area contributed by atoms with E-state index >= 15 is 0 Å². The molecule has 10 N–H and O–H groups in total. The number of ether oxygens (including phenoxy) is 6. The topological polar surface area (TPSA) is 284 Å². The number of aliphatic hydroxyl groups is 9. The fraction of sp³-hybridized carbons (Fsp3) is 1.00. The molecule has 18 nitrogen and oxygen atoms in total. The minimum atomic E-state index is -3.41. The summed E-state index contributed by atoms with van der Waals surface area (Å²) in [7, 11) is -3.41. The summed E-state index contributed by atoms with van der Waals surface area (Å²) >= 11 is 0. The number of hydrogen-bond donors (Lipinski definition) is 10. The molecule has 0 aromatic rings. The normalized spacial score (nSPS) is 44.0. The van der Waals surface area contributed by atoms with Crippen LogP contribution in [0, 0.1) is 0 Å². The van der Waals surface area contributed by atoms with Crippen LogP contribution in [0.5, 0.6) is 0 Å². The van der Waals surface area contributed by atoms with Gasteiger partial charge in [0.15, 0.2) is 12.6 Å². The number of sulfonamides is 1. The van der Waals surface area contributed by atoms with Gasteiger partial charge < -0.3 is 74.4 Å². The van der Waals surface area contributed by atoms with Crippen LogP contribution in [0.3, 0.4) is 0 Å². The molecule has 15 unspecified atom stereocenters. The maximum absolute atomic E-state index is 12.5. The Hall–Kier alpha value is -0.690. The van der Waals surface area contributed by atoms with E-state index in [1.54, 1.807) is 0 Å². The largest absolute Gasteiger partial charge is 0.394 e. The van der Waals surface area contributed by atoms with Crippen LogP contribution in [-0.2, 0) is 38.4 Å². The summed E-state index contributed by atoms with van der Waals surface area (Å²) in [6, 6.07) is 0. The molecule has 15 atom stereocenters. The minimum Gasteiger partial charge on any atom is -0.394 e. The second-order valence-corrected chi connectivity index (χ2v) is 14.7. The van der Waals surface area contributed by atoms with Gasteiger partial charge in [0.1, 0.15) is 73.2 Å². The second kappa shape index (κ2) is 17.5. The summed E-state index contributed by atoms with van der Waals surface area (Å²) < 4.78 is 60.9. The fourth-order valence-electron chi connectivity index (χ4n) is 6.21. The Morgan fingerprint density at radius 1 is 0.702 bits per heavy atom. The van der Waals surface area contributed by atoms with E-state index < -0.39 is 115 Å². The third-order valence-corrected chi connectivity index (χ3v) is 11.2. The smallest absolute Gasteiger partial charge is 0.214 e. The zero-order chi connectivity index (χ0) is 34.5. The lowest BCUT2D eigenvalue weighted by molar-refractivity contribution is -0.346. The number of nitrogens with one attached hydrogen (secondary N) is 1. The van der Waals surface area contributed by atoms with Crippen molar-refractivity contribution in [2.75, 3.05) is 33.0 Å². The van der Waals surface area contributed by atoms with Gasteiger partial charge in [-0.25, -0.2) is 13.1 Å². The lowest BCUT2D eigenvalue weighted by Gasteiger charge is -2.46. The minimum absolute atomic E-state index is 0.113. The van der Waals surface area contributed by atoms with Gasteiger partial charge in [0.25, 0.3) is 0 Å². The predicted octanol–water partition coefficient (Wildman–Crippen LogP) is -4.84. The zero-order valence-electron chi connectivity index (χ0n) is 26.2. The first-order valence-corrected chi connectivity index (χ1v) is 17.7. The molecule has 4 aliphatic rings. The maximum Gasteiger partial charge on any atom is 0.214 e. The predicted molar refractivity (Wildman–Crippen MR) is 157 cm³/mol. The van der Waals surface area contributed by atoms with E-state index in [0.29, 0.717) is 19.3 Å². The van der Waals surface area contributed by atoms with Gasteiger partial charge in [0.2, 0.25) is 10.0 Å². The van der Waals surface area contributed by atoms with Gasteiger partial charge in [-0.2, -0.15) is 0 Å². The van der Waals surface area contributed by atoms with Crippen LogP contribution in [0.4, 0.5) is 0 Å². The van der Waals surface area contributed by atoms with E-state index in [2.05, 4.69) is 4.72 Å². The van der Waals surface area contributed by atoms with Crippen molar-refractivity contribution < 1.29 is 82.8 Å². The monoisotopic (exact) mass is 705 g/mol. The molecule has 0 bridgehead atoms. The third kappa shape index (κ3) is 9.56. The van der Waals surface area contributed by atoms with Gasteiger partial charge in [-0.3, -0.25) is 0 Å². The summed E-state index contributed by atoms with van der Waals surface area (Å²) in [6.07, 6.45) is -18.0. The first kappa shape index (κ1) is 39.1. The van der Waals surface area contributed by atoms with Crippen molar-refractivity contribution in [3.63, 3.8) is 0 Å². The molecular formula is C28H51NO17S. The summed E-state index contributed by atoms with van der Waals surface area (Å²) in [5, 5.41) is 92.4. The molecule has 3 heterocycles. The Labute approximate surface area is 273 Å². The Balaban J connectivity index is 1.26. The molecule has 19 heteroatoms. The molecule has 4 rings (SSSR count). The number of rotatable bonds is 14. The molecule has 0 amide bonds. The highest BCUT2D eigenvalue weighted by molar-refractivity contribution is 7.90. The van der Waals surface area contributed by atoms with Crippen LogP contribution < -0.4 is 4.72 Å². The van der Waals surface area contributed by atoms with Crippen molar-refractivity contribution >= 4 is 10.0 Å². The molecule has 0 spiro atoms. The number of hydrogen-bond acceptors (Lipinski definition) is 17. The van der Waals surface area contributed by atoms with E-state index in [-0.39, 0.29) is 25.0 Å². The van der Waals surface area contributed by atoms with Gasteiger partial charge in [-0.1, -0.05) is 19.3 Å². The summed E-state index contributed by atoms with van der Waals surface area (Å²) in [5.41, 5.74) is 0. The third-order valence-electron chi connectivity index (χ3n) is 9.20. The van der Waals surface area contributed by atoms with Crippen LogP contribution >= 0.6 is 0 Å². The van der Waals surface area contributed by atoms with Gasteiger partial charge >= 0.3 is 0 Å². The first-order valence-electron chi connectivity index (χ1n) is 16.1. The van der Waals surface area contributed by atoms with Crippen LogP contribution in [0.25, 0.3) is 0 Å². The van der Waals surface area contributed by atoms with Crippen molar-refractivity contribution in [1.29, 1.82) is 0 Å². The van der Waals surface area contributed by atoms with Crippen LogP contribution in [0.1, 0.15) is 45.4 Å². The molecule has 3 saturated heterocycles. The van der Waals surface area contributed by atoms with E-state index in [1.165, 1.54) is 6.92 Å². The van der Waals surface area contributed by atoms with Crippen LogP contribution in [-0.4, -0.2) is 185 Å². The lowest BCUT2D eigenvalue weighted by Crippen LogP contribution is -2.64. The quantitative estimate of drug-likeness (QED) is 0.0759. The van der Waals surface area contributed by atoms with Crippen molar-refractivity contribution in [3.8, 4) is 0 Å². The average molecular weight is 706 g/mol. The molecule has 0 radical (unpaired) electrons. The van der Waals surface area contributed by atoms with E-state index in [1.807, 2.05) is 0 Å². The molecular weight excluding hydrogens is 654 g/mol. The van der Waals surface area contributed by atoms with Crippen molar-refractivity contribution in [2.45, 2.75) is 143 Å². The maximum atomic E-state index is 12.5. The van der Waals surface area contributed by atoms with Gasteiger partial charge in [0.05, 0.1) is 31.2 Å². The van der Waals surface area contributed by atoms with E-state index in [0.717, 1.165) is 19.3 Å². The zero-order valence-corrected chi connectivity index (χ0v) is 27.0. The molecule has 4 fully saturated rings. The molecule has 276 valence electrons. The van der Waals surface area contributed by atoms with Crippen molar-refractivity contribution in [3.05, 3.63) is 0 Å². The highest BCUT2D eigenvalue weighted by Crippen LogP contribution is 2.30. The molecule has 0 aromatic carbocycles. The molecule has 47 heavy (non-hydrogen) atoms. The average Bonchev–Trinajstić information content (AvgIpc) is 3.06.